The van der Waals surface area contributed by atoms with Crippen LogP contribution in [-0.2, 0) is 11.3 Å². The van der Waals surface area contributed by atoms with Crippen molar-refractivity contribution in [2.45, 2.75) is 25.4 Å². The van der Waals surface area contributed by atoms with Crippen molar-refractivity contribution in [1.82, 2.24) is 9.88 Å². The van der Waals surface area contributed by atoms with Crippen LogP contribution in [0.2, 0.25) is 5.02 Å². The van der Waals surface area contributed by atoms with Crippen molar-refractivity contribution in [3.8, 4) is 5.88 Å². The third-order valence-corrected chi connectivity index (χ3v) is 10.2. The Balaban J connectivity index is 1.20. The van der Waals surface area contributed by atoms with E-state index in [1.54, 1.807) is 25.3 Å². The molecule has 0 atom stereocenters. The Bertz CT molecular complexity index is 1450. The van der Waals surface area contributed by atoms with E-state index in [2.05, 4.69) is 18.9 Å². The molecule has 1 fully saturated rings. The number of aromatic carboxylic acids is 1. The second-order valence-electron chi connectivity index (χ2n) is 9.92. The first kappa shape index (κ1) is 29.7. The molecule has 7 nitrogen and oxygen atoms in total. The fraction of sp³-hybridized carbons (Fsp3) is 0.333. The van der Waals surface area contributed by atoms with Gasteiger partial charge in [-0.2, -0.15) is 0 Å². The number of halogens is 4. The number of benzene rings is 2. The monoisotopic (exact) mass is 696 g/mol. The molecule has 5 rings (SSSR count). The predicted octanol–water partition coefficient (Wildman–Crippen LogP) is 2.74. The molecule has 1 saturated heterocycles. The van der Waals surface area contributed by atoms with E-state index in [1.165, 1.54) is 9.27 Å². The molecule has 0 aliphatic carbocycles. The second kappa shape index (κ2) is 13.5. The van der Waals surface area contributed by atoms with Gasteiger partial charge in [-0.25, -0.2) is 8.78 Å². The Morgan fingerprint density at radius 1 is 1.15 bits per heavy atom. The van der Waals surface area contributed by atoms with Crippen molar-refractivity contribution in [1.29, 1.82) is 0 Å². The number of anilines is 1. The number of fused-ring (bicyclic) bond motifs is 1. The molecule has 0 radical (unpaired) electrons. The first-order chi connectivity index (χ1) is 19.8. The summed E-state index contributed by atoms with van der Waals surface area (Å²) in [5, 5.41) is 9.26. The van der Waals surface area contributed by atoms with Crippen LogP contribution >= 0.6 is 11.6 Å². The van der Waals surface area contributed by atoms with E-state index in [0.717, 1.165) is 56.0 Å². The number of hydrogen-bond donors (Lipinski definition) is 1. The SMILES string of the molecule is COCCN1C(CN2CCC(c3cccc(OCc4cc(F)c(Cl)cc4F)n3)CC2)=C[I-]c2ccc(C(=O)O)cc21. The first-order valence-corrected chi connectivity index (χ1v) is 15.9. The molecule has 0 amide bonds. The minimum absolute atomic E-state index is 0.0770. The average molecular weight is 697 g/mol. The molecule has 0 bridgehead atoms. The maximum absolute atomic E-state index is 14.1. The fourth-order valence-corrected chi connectivity index (χ4v) is 7.56. The van der Waals surface area contributed by atoms with Crippen LogP contribution in [0.15, 0.2) is 58.3 Å². The minimum atomic E-state index is -0.926. The van der Waals surface area contributed by atoms with Crippen molar-refractivity contribution in [2.24, 2.45) is 0 Å². The summed E-state index contributed by atoms with van der Waals surface area (Å²) in [5.41, 5.74) is 3.46. The molecular weight excluding hydrogens is 667 g/mol. The number of likely N-dealkylation sites (tertiary alicyclic amines) is 1. The van der Waals surface area contributed by atoms with E-state index in [0.29, 0.717) is 24.6 Å². The van der Waals surface area contributed by atoms with Gasteiger partial charge in [0.1, 0.15) is 11.6 Å². The van der Waals surface area contributed by atoms with Crippen molar-refractivity contribution in [3.63, 3.8) is 0 Å². The van der Waals surface area contributed by atoms with Gasteiger partial charge in [0.2, 0.25) is 0 Å². The fourth-order valence-electron chi connectivity index (χ4n) is 5.03. The van der Waals surface area contributed by atoms with Gasteiger partial charge in [-0.15, -0.1) is 0 Å². The predicted molar refractivity (Wildman–Crippen MR) is 148 cm³/mol. The summed E-state index contributed by atoms with van der Waals surface area (Å²) >= 11 is 5.27. The standard InChI is InChI=1S/C30H30ClF2IN3O4/c1-40-12-11-37-22(16-34-26-6-5-20(30(38)39)14-28(26)37)17-36-9-7-19(8-10-36)27-3-2-4-29(35-27)41-18-21-13-25(33)23(31)15-24(21)32/h2-6,13-16,19H,7-12,17-18H2,1H3,(H,38,39)/q-1. The van der Waals surface area contributed by atoms with Crippen molar-refractivity contribution in [2.75, 3.05) is 44.8 Å². The van der Waals surface area contributed by atoms with Crippen LogP contribution < -0.4 is 30.8 Å². The van der Waals surface area contributed by atoms with Crippen molar-refractivity contribution >= 4 is 23.3 Å². The molecule has 218 valence electrons. The number of aromatic nitrogens is 1. The third-order valence-electron chi connectivity index (χ3n) is 7.25. The Morgan fingerprint density at radius 3 is 2.71 bits per heavy atom. The van der Waals surface area contributed by atoms with Crippen LogP contribution in [-0.4, -0.2) is 60.9 Å². The summed E-state index contributed by atoms with van der Waals surface area (Å²) in [5.74, 6) is -1.62. The van der Waals surface area contributed by atoms with Gasteiger partial charge in [0, 0.05) is 5.56 Å². The summed E-state index contributed by atoms with van der Waals surface area (Å²) < 4.78 is 42.5. The number of carboxylic acids is 1. The molecule has 3 aromatic rings. The zero-order valence-corrected chi connectivity index (χ0v) is 25.4. The zero-order chi connectivity index (χ0) is 28.9. The average Bonchev–Trinajstić information content (AvgIpc) is 2.98. The topological polar surface area (TPSA) is 75.1 Å². The van der Waals surface area contributed by atoms with Gasteiger partial charge in [-0.1, -0.05) is 11.6 Å². The Hall–Kier alpha value is -2.80. The number of nitrogens with zero attached hydrogens (tertiary/aromatic N) is 3. The van der Waals surface area contributed by atoms with E-state index >= 15 is 0 Å². The summed E-state index contributed by atoms with van der Waals surface area (Å²) in [7, 11) is 1.67. The molecular formula is C30H30ClF2IN3O4-. The summed E-state index contributed by atoms with van der Waals surface area (Å²) in [4.78, 5) is 20.9. The molecule has 3 heterocycles. The molecule has 41 heavy (non-hydrogen) atoms. The molecule has 2 aliphatic rings. The van der Waals surface area contributed by atoms with Crippen LogP contribution in [0.5, 0.6) is 5.88 Å². The number of hydrogen-bond acceptors (Lipinski definition) is 6. The third kappa shape index (κ3) is 7.17. The van der Waals surface area contributed by atoms with Crippen LogP contribution in [0.4, 0.5) is 14.5 Å². The van der Waals surface area contributed by atoms with E-state index in [-0.39, 0.29) is 44.3 Å². The Morgan fingerprint density at radius 2 is 1.95 bits per heavy atom. The van der Waals surface area contributed by atoms with Crippen molar-refractivity contribution in [3.05, 3.63) is 95.4 Å². The molecule has 2 aromatic carbocycles. The van der Waals surface area contributed by atoms with Crippen LogP contribution in [0.3, 0.4) is 0 Å². The number of carboxylic acid groups (broad SMARTS) is 1. The summed E-state index contributed by atoms with van der Waals surface area (Å²) in [6.07, 6.45) is 1.85. The second-order valence-corrected chi connectivity index (χ2v) is 12.7. The molecule has 2 aliphatic heterocycles. The Labute approximate surface area is 253 Å². The van der Waals surface area contributed by atoms with Gasteiger partial charge in [0.05, 0.1) is 5.02 Å². The number of ether oxygens (including phenoxy) is 2. The molecule has 11 heteroatoms. The molecule has 1 aromatic heterocycles. The Kier molecular flexibility index (Phi) is 9.74. The molecule has 0 spiro atoms. The van der Waals surface area contributed by atoms with Gasteiger partial charge in [0.25, 0.3) is 0 Å². The van der Waals surface area contributed by atoms with E-state index in [4.69, 9.17) is 21.1 Å². The van der Waals surface area contributed by atoms with Gasteiger partial charge in [0.15, 0.2) is 0 Å². The quantitative estimate of drug-likeness (QED) is 0.258. The van der Waals surface area contributed by atoms with Gasteiger partial charge in [-0.3, -0.25) is 0 Å². The van der Waals surface area contributed by atoms with E-state index < -0.39 is 17.6 Å². The number of pyridine rings is 1. The number of piperidine rings is 1. The van der Waals surface area contributed by atoms with E-state index in [1.807, 2.05) is 18.2 Å². The summed E-state index contributed by atoms with van der Waals surface area (Å²) in [6.45, 7) is 3.61. The normalized spacial score (nSPS) is 16.1. The number of methoxy groups -OCH3 is 1. The zero-order valence-electron chi connectivity index (χ0n) is 22.5. The van der Waals surface area contributed by atoms with Crippen LogP contribution in [0, 0.1) is 15.2 Å². The van der Waals surface area contributed by atoms with Gasteiger partial charge < -0.3 is 0 Å². The van der Waals surface area contributed by atoms with Gasteiger partial charge >= 0.3 is 199 Å². The van der Waals surface area contributed by atoms with Crippen molar-refractivity contribution < 1.29 is 49.4 Å². The number of carbonyl (C=O) groups is 1. The first-order valence-electron chi connectivity index (χ1n) is 13.2. The summed E-state index contributed by atoms with van der Waals surface area (Å²) in [6, 6.07) is 13.0. The van der Waals surface area contributed by atoms with Gasteiger partial charge in [-0.05, 0) is 12.1 Å². The molecule has 1 N–H and O–H groups in total. The molecule has 0 saturated carbocycles. The maximum atomic E-state index is 14.1. The van der Waals surface area contributed by atoms with Crippen LogP contribution in [0.25, 0.3) is 0 Å². The number of rotatable bonds is 10. The molecule has 0 unspecified atom stereocenters. The van der Waals surface area contributed by atoms with E-state index in [9.17, 15) is 18.7 Å². The van der Waals surface area contributed by atoms with Crippen LogP contribution in [0.1, 0.15) is 40.4 Å².